The lowest BCUT2D eigenvalue weighted by Gasteiger charge is -2.31. The molecule has 0 spiro atoms. The van der Waals surface area contributed by atoms with Gasteiger partial charge in [0.2, 0.25) is 5.91 Å². The van der Waals surface area contributed by atoms with Crippen LogP contribution in [0.1, 0.15) is 63.5 Å². The number of nitrogens with one attached hydrogen (secondary N) is 1. The second-order valence-electron chi connectivity index (χ2n) is 6.96. The fourth-order valence-electron chi connectivity index (χ4n) is 3.66. The van der Waals surface area contributed by atoms with Crippen LogP contribution >= 0.6 is 0 Å². The van der Waals surface area contributed by atoms with Crippen molar-refractivity contribution in [3.05, 3.63) is 47.5 Å². The lowest BCUT2D eigenvalue weighted by atomic mass is 9.81. The largest absolute Gasteiger partial charge is 0.345 e. The Balaban J connectivity index is 1.73. The maximum atomic E-state index is 12.4. The summed E-state index contributed by atoms with van der Waals surface area (Å²) in [5, 5.41) is 3.30. The number of rotatable bonds is 5. The van der Waals surface area contributed by atoms with Gasteiger partial charge in [0.15, 0.2) is 0 Å². The van der Waals surface area contributed by atoms with Gasteiger partial charge in [0.1, 0.15) is 0 Å². The summed E-state index contributed by atoms with van der Waals surface area (Å²) in [4.78, 5) is 12.4. The topological polar surface area (TPSA) is 29.1 Å². The van der Waals surface area contributed by atoms with Gasteiger partial charge in [-0.1, -0.05) is 55.2 Å². The van der Waals surface area contributed by atoms with Crippen LogP contribution in [-0.2, 0) is 4.79 Å². The third-order valence-electron chi connectivity index (χ3n) is 5.16. The lowest BCUT2D eigenvalue weighted by molar-refractivity contribution is -0.117. The Morgan fingerprint density at radius 1 is 1.09 bits per heavy atom. The molecule has 0 aliphatic heterocycles. The molecule has 1 unspecified atom stereocenters. The van der Waals surface area contributed by atoms with Gasteiger partial charge in [0.25, 0.3) is 0 Å². The van der Waals surface area contributed by atoms with Crippen molar-refractivity contribution in [1.82, 2.24) is 5.32 Å². The van der Waals surface area contributed by atoms with E-state index in [0.29, 0.717) is 11.8 Å². The summed E-state index contributed by atoms with van der Waals surface area (Å²) in [6.45, 7) is 2.09. The Morgan fingerprint density at radius 2 is 1.77 bits per heavy atom. The zero-order valence-electron chi connectivity index (χ0n) is 13.6. The molecular formula is C20H27NO. The fourth-order valence-corrected chi connectivity index (χ4v) is 3.66. The summed E-state index contributed by atoms with van der Waals surface area (Å²) in [6.07, 6.45) is 10.7. The lowest BCUT2D eigenvalue weighted by Crippen LogP contribution is -2.33. The maximum Gasteiger partial charge on any atom is 0.244 e. The van der Waals surface area contributed by atoms with Gasteiger partial charge in [-0.2, -0.15) is 0 Å². The summed E-state index contributed by atoms with van der Waals surface area (Å²) >= 11 is 0. The zero-order chi connectivity index (χ0) is 15.4. The van der Waals surface area contributed by atoms with Crippen molar-refractivity contribution in [1.29, 1.82) is 0 Å². The SMILES string of the molecule is CC(=CC(=O)NC(c1ccccc1)C1CCCCC1)C1CC1. The van der Waals surface area contributed by atoms with Crippen molar-refractivity contribution >= 4 is 5.91 Å². The predicted octanol–water partition coefficient (Wildman–Crippen LogP) is 4.78. The van der Waals surface area contributed by atoms with Gasteiger partial charge < -0.3 is 5.32 Å². The summed E-state index contributed by atoms with van der Waals surface area (Å²) in [6, 6.07) is 10.6. The number of allylic oxidation sites excluding steroid dienone is 1. The first-order valence-electron chi connectivity index (χ1n) is 8.77. The Hall–Kier alpha value is -1.57. The second kappa shape index (κ2) is 7.13. The molecule has 0 saturated heterocycles. The van der Waals surface area contributed by atoms with Crippen molar-refractivity contribution in [2.45, 2.75) is 57.9 Å². The van der Waals surface area contributed by atoms with Crippen LogP contribution in [0.5, 0.6) is 0 Å². The maximum absolute atomic E-state index is 12.4. The average molecular weight is 297 g/mol. The Kier molecular flexibility index (Phi) is 4.97. The molecule has 2 heteroatoms. The van der Waals surface area contributed by atoms with Gasteiger partial charge in [-0.15, -0.1) is 0 Å². The van der Waals surface area contributed by atoms with Crippen LogP contribution in [0.2, 0.25) is 0 Å². The molecule has 2 saturated carbocycles. The van der Waals surface area contributed by atoms with E-state index in [9.17, 15) is 4.79 Å². The van der Waals surface area contributed by atoms with Crippen LogP contribution in [-0.4, -0.2) is 5.91 Å². The predicted molar refractivity (Wildman–Crippen MR) is 90.4 cm³/mol. The first-order valence-corrected chi connectivity index (χ1v) is 8.77. The summed E-state index contributed by atoms with van der Waals surface area (Å²) in [7, 11) is 0. The van der Waals surface area contributed by atoms with Crippen molar-refractivity contribution < 1.29 is 4.79 Å². The number of benzene rings is 1. The van der Waals surface area contributed by atoms with Gasteiger partial charge in [-0.3, -0.25) is 4.79 Å². The summed E-state index contributed by atoms with van der Waals surface area (Å²) in [5.41, 5.74) is 2.49. The van der Waals surface area contributed by atoms with E-state index < -0.39 is 0 Å². The molecule has 1 amide bonds. The highest BCUT2D eigenvalue weighted by atomic mass is 16.1. The summed E-state index contributed by atoms with van der Waals surface area (Å²) < 4.78 is 0. The minimum Gasteiger partial charge on any atom is -0.345 e. The molecule has 0 bridgehead atoms. The second-order valence-corrected chi connectivity index (χ2v) is 6.96. The number of carbonyl (C=O) groups excluding carboxylic acids is 1. The number of carbonyl (C=O) groups is 1. The molecule has 0 aromatic heterocycles. The van der Waals surface area contributed by atoms with Crippen LogP contribution in [0.25, 0.3) is 0 Å². The Morgan fingerprint density at radius 3 is 2.41 bits per heavy atom. The van der Waals surface area contributed by atoms with Crippen LogP contribution in [0.15, 0.2) is 42.0 Å². The smallest absolute Gasteiger partial charge is 0.244 e. The molecule has 2 aliphatic rings. The first-order chi connectivity index (χ1) is 10.7. The van der Waals surface area contributed by atoms with Crippen molar-refractivity contribution in [2.75, 3.05) is 0 Å². The molecule has 22 heavy (non-hydrogen) atoms. The Bertz CT molecular complexity index is 524. The number of amides is 1. The average Bonchev–Trinajstić information content (AvgIpc) is 3.39. The van der Waals surface area contributed by atoms with E-state index in [-0.39, 0.29) is 11.9 Å². The minimum absolute atomic E-state index is 0.0869. The monoisotopic (exact) mass is 297 g/mol. The molecule has 3 rings (SSSR count). The van der Waals surface area contributed by atoms with Crippen LogP contribution < -0.4 is 5.32 Å². The number of hydrogen-bond donors (Lipinski definition) is 1. The molecule has 2 fully saturated rings. The number of hydrogen-bond acceptors (Lipinski definition) is 1. The van der Waals surface area contributed by atoms with E-state index in [1.165, 1.54) is 56.1 Å². The highest BCUT2D eigenvalue weighted by Crippen LogP contribution is 2.36. The third-order valence-corrected chi connectivity index (χ3v) is 5.16. The highest BCUT2D eigenvalue weighted by Gasteiger charge is 2.27. The molecule has 1 N–H and O–H groups in total. The molecule has 1 atom stereocenters. The van der Waals surface area contributed by atoms with Crippen molar-refractivity contribution in [3.63, 3.8) is 0 Å². The van der Waals surface area contributed by atoms with E-state index >= 15 is 0 Å². The van der Waals surface area contributed by atoms with Gasteiger partial charge >= 0.3 is 0 Å². The standard InChI is InChI=1S/C20H27NO/c1-15(16-12-13-16)14-19(22)21-20(17-8-4-2-5-9-17)18-10-6-3-7-11-18/h2,4-5,8-9,14,16,18,20H,3,6-7,10-13H2,1H3,(H,21,22). The van der Waals surface area contributed by atoms with E-state index in [1.807, 2.05) is 12.1 Å². The quantitative estimate of drug-likeness (QED) is 0.779. The van der Waals surface area contributed by atoms with E-state index in [0.717, 1.165) is 0 Å². The van der Waals surface area contributed by atoms with Crippen LogP contribution in [0.4, 0.5) is 0 Å². The van der Waals surface area contributed by atoms with E-state index in [4.69, 9.17) is 0 Å². The molecule has 0 heterocycles. The van der Waals surface area contributed by atoms with Gasteiger partial charge in [0.05, 0.1) is 6.04 Å². The van der Waals surface area contributed by atoms with Crippen molar-refractivity contribution in [2.24, 2.45) is 11.8 Å². The Labute approximate surface area is 134 Å². The van der Waals surface area contributed by atoms with Gasteiger partial charge in [-0.25, -0.2) is 0 Å². The molecular weight excluding hydrogens is 270 g/mol. The fraction of sp³-hybridized carbons (Fsp3) is 0.550. The molecule has 2 nitrogen and oxygen atoms in total. The highest BCUT2D eigenvalue weighted by molar-refractivity contribution is 5.88. The van der Waals surface area contributed by atoms with Gasteiger partial charge in [-0.05, 0) is 50.0 Å². The molecule has 1 aromatic carbocycles. The minimum atomic E-state index is 0.0869. The van der Waals surface area contributed by atoms with Crippen LogP contribution in [0, 0.1) is 11.8 Å². The first kappa shape index (κ1) is 15.3. The van der Waals surface area contributed by atoms with E-state index in [1.54, 1.807) is 0 Å². The van der Waals surface area contributed by atoms with Gasteiger partial charge in [0, 0.05) is 6.08 Å². The molecule has 2 aliphatic carbocycles. The molecule has 1 aromatic rings. The zero-order valence-corrected chi connectivity index (χ0v) is 13.6. The third kappa shape index (κ3) is 4.00. The molecule has 0 radical (unpaired) electrons. The summed E-state index contributed by atoms with van der Waals surface area (Å²) in [5.74, 6) is 1.33. The molecule has 118 valence electrons. The normalized spacial score (nSPS) is 21.4. The van der Waals surface area contributed by atoms with Crippen LogP contribution in [0.3, 0.4) is 0 Å². The van der Waals surface area contributed by atoms with E-state index in [2.05, 4.69) is 36.5 Å². The van der Waals surface area contributed by atoms with Crippen molar-refractivity contribution in [3.8, 4) is 0 Å².